The highest BCUT2D eigenvalue weighted by Gasteiger charge is 2.30. The van der Waals surface area contributed by atoms with Crippen molar-refractivity contribution in [2.45, 2.75) is 439 Å². The smallest absolute Gasteiger partial charge is 0.462 e. The quantitative estimate of drug-likeness (QED) is 0.0222. The number of carbonyl (C=O) groups is 4. The van der Waals surface area contributed by atoms with E-state index in [4.69, 9.17) is 37.0 Å². The number of hydrogen-bond donors (Lipinski definition) is 3. The predicted molar refractivity (Wildman–Crippen MR) is 409 cm³/mol. The van der Waals surface area contributed by atoms with Gasteiger partial charge in [-0.3, -0.25) is 37.3 Å². The van der Waals surface area contributed by atoms with Crippen molar-refractivity contribution in [3.8, 4) is 0 Å². The maximum absolute atomic E-state index is 13.1. The van der Waals surface area contributed by atoms with Gasteiger partial charge in [0.25, 0.3) is 0 Å². The SMILES string of the molecule is CCCCCCCCCCCCCCCCCCCCCCC(=O)O[C@H](COC(=O)CCCCCCCCCCCCC(C)CC)COP(=O)(O)OC[C@@H](O)COP(=O)(O)OC[C@@H](COC(=O)CCCCCCCCCCC(C)CC)OC(=O)CCCCCCCCCCCCC(C)CC. The Morgan fingerprint density at radius 2 is 0.480 bits per heavy atom. The summed E-state index contributed by atoms with van der Waals surface area (Å²) in [6.45, 7) is 12.0. The maximum atomic E-state index is 13.1. The largest absolute Gasteiger partial charge is 0.472 e. The Balaban J connectivity index is 5.26. The van der Waals surface area contributed by atoms with Crippen molar-refractivity contribution in [1.29, 1.82) is 0 Å². The van der Waals surface area contributed by atoms with Crippen LogP contribution in [0.2, 0.25) is 0 Å². The maximum Gasteiger partial charge on any atom is 0.472 e. The minimum absolute atomic E-state index is 0.106. The molecule has 0 heterocycles. The molecular formula is C81H158O17P2. The number of carbonyl (C=O) groups excluding carboxylic acids is 4. The molecule has 0 aliphatic carbocycles. The lowest BCUT2D eigenvalue weighted by molar-refractivity contribution is -0.161. The van der Waals surface area contributed by atoms with Crippen molar-refractivity contribution in [1.82, 2.24) is 0 Å². The predicted octanol–water partition coefficient (Wildman–Crippen LogP) is 24.1. The summed E-state index contributed by atoms with van der Waals surface area (Å²) in [6, 6.07) is 0. The van der Waals surface area contributed by atoms with E-state index in [0.717, 1.165) is 108 Å². The van der Waals surface area contributed by atoms with E-state index < -0.39 is 97.5 Å². The lowest BCUT2D eigenvalue weighted by Crippen LogP contribution is -2.30. The zero-order valence-electron chi connectivity index (χ0n) is 65.7. The summed E-state index contributed by atoms with van der Waals surface area (Å²) in [5.41, 5.74) is 0. The highest BCUT2D eigenvalue weighted by atomic mass is 31.2. The van der Waals surface area contributed by atoms with Crippen molar-refractivity contribution in [2.75, 3.05) is 39.6 Å². The highest BCUT2D eigenvalue weighted by molar-refractivity contribution is 7.47. The number of rotatable bonds is 79. The van der Waals surface area contributed by atoms with Gasteiger partial charge in [0.1, 0.15) is 19.3 Å². The summed E-state index contributed by atoms with van der Waals surface area (Å²) in [4.78, 5) is 73.1. The molecule has 8 atom stereocenters. The first-order valence-electron chi connectivity index (χ1n) is 42.0. The van der Waals surface area contributed by atoms with Crippen molar-refractivity contribution in [3.63, 3.8) is 0 Å². The molecule has 0 radical (unpaired) electrons. The van der Waals surface area contributed by atoms with Gasteiger partial charge >= 0.3 is 39.5 Å². The van der Waals surface area contributed by atoms with Crippen LogP contribution in [0.4, 0.5) is 0 Å². The Labute approximate surface area is 613 Å². The number of aliphatic hydroxyl groups excluding tert-OH is 1. The van der Waals surface area contributed by atoms with Crippen LogP contribution in [0.15, 0.2) is 0 Å². The molecule has 0 saturated carbocycles. The Morgan fingerprint density at radius 3 is 0.710 bits per heavy atom. The van der Waals surface area contributed by atoms with Crippen molar-refractivity contribution in [3.05, 3.63) is 0 Å². The lowest BCUT2D eigenvalue weighted by Gasteiger charge is -2.21. The molecule has 17 nitrogen and oxygen atoms in total. The van der Waals surface area contributed by atoms with Gasteiger partial charge in [0.15, 0.2) is 12.2 Å². The van der Waals surface area contributed by atoms with Gasteiger partial charge in [-0.25, -0.2) is 9.13 Å². The summed E-state index contributed by atoms with van der Waals surface area (Å²) in [7, 11) is -9.92. The monoisotopic (exact) mass is 1470 g/mol. The van der Waals surface area contributed by atoms with E-state index in [0.29, 0.717) is 25.7 Å². The normalized spacial score (nSPS) is 14.8. The van der Waals surface area contributed by atoms with E-state index in [1.165, 1.54) is 231 Å². The minimum Gasteiger partial charge on any atom is -0.462 e. The van der Waals surface area contributed by atoms with Gasteiger partial charge in [-0.2, -0.15) is 0 Å². The number of hydrogen-bond acceptors (Lipinski definition) is 15. The molecule has 0 aliphatic heterocycles. The molecule has 100 heavy (non-hydrogen) atoms. The van der Waals surface area contributed by atoms with E-state index in [9.17, 15) is 43.2 Å². The number of aliphatic hydroxyl groups is 1. The Morgan fingerprint density at radius 1 is 0.280 bits per heavy atom. The molecule has 0 aliphatic rings. The van der Waals surface area contributed by atoms with Crippen LogP contribution < -0.4 is 0 Å². The first kappa shape index (κ1) is 98.1. The van der Waals surface area contributed by atoms with Crippen molar-refractivity contribution in [2.24, 2.45) is 17.8 Å². The van der Waals surface area contributed by atoms with Crippen LogP contribution >= 0.6 is 15.6 Å². The van der Waals surface area contributed by atoms with E-state index in [-0.39, 0.29) is 25.7 Å². The number of ether oxygens (including phenoxy) is 4. The second-order valence-electron chi connectivity index (χ2n) is 29.9. The van der Waals surface area contributed by atoms with Crippen LogP contribution in [-0.4, -0.2) is 96.7 Å². The first-order chi connectivity index (χ1) is 48.3. The molecule has 19 heteroatoms. The van der Waals surface area contributed by atoms with Crippen molar-refractivity contribution >= 4 is 39.5 Å². The van der Waals surface area contributed by atoms with Gasteiger partial charge in [-0.15, -0.1) is 0 Å². The molecule has 0 aromatic heterocycles. The molecule has 0 aromatic carbocycles. The first-order valence-corrected chi connectivity index (χ1v) is 45.0. The number of phosphoric ester groups is 2. The van der Waals surface area contributed by atoms with Crippen LogP contribution in [0.3, 0.4) is 0 Å². The lowest BCUT2D eigenvalue weighted by atomic mass is 9.99. The van der Waals surface area contributed by atoms with Crippen molar-refractivity contribution < 1.29 is 80.2 Å². The third-order valence-corrected chi connectivity index (χ3v) is 21.9. The summed E-state index contributed by atoms with van der Waals surface area (Å²) in [6.07, 6.45) is 59.5. The highest BCUT2D eigenvalue weighted by Crippen LogP contribution is 2.45. The molecule has 5 unspecified atom stereocenters. The molecule has 0 spiro atoms. The zero-order valence-corrected chi connectivity index (χ0v) is 67.5. The van der Waals surface area contributed by atoms with Gasteiger partial charge in [-0.1, -0.05) is 370 Å². The second-order valence-corrected chi connectivity index (χ2v) is 32.8. The average molecular weight is 1470 g/mol. The average Bonchev–Trinajstić information content (AvgIpc) is 0.928. The fourth-order valence-electron chi connectivity index (χ4n) is 12.4. The summed E-state index contributed by atoms with van der Waals surface area (Å²) >= 11 is 0. The molecule has 0 rings (SSSR count). The topological polar surface area (TPSA) is 237 Å². The molecular weight excluding hydrogens is 1310 g/mol. The van der Waals surface area contributed by atoms with E-state index in [2.05, 4.69) is 48.5 Å². The fraction of sp³-hybridized carbons (Fsp3) is 0.951. The minimum atomic E-state index is -4.96. The molecule has 0 fully saturated rings. The molecule has 3 N–H and O–H groups in total. The van der Waals surface area contributed by atoms with Gasteiger partial charge in [0, 0.05) is 25.7 Å². The summed E-state index contributed by atoms with van der Waals surface area (Å²) < 4.78 is 68.7. The number of phosphoric acid groups is 2. The Bertz CT molecular complexity index is 1950. The van der Waals surface area contributed by atoms with Crippen LogP contribution in [0.25, 0.3) is 0 Å². The number of esters is 4. The van der Waals surface area contributed by atoms with E-state index >= 15 is 0 Å². The van der Waals surface area contributed by atoms with Gasteiger partial charge in [0.05, 0.1) is 26.4 Å². The van der Waals surface area contributed by atoms with E-state index in [1.807, 2.05) is 0 Å². The molecule has 0 amide bonds. The molecule has 594 valence electrons. The van der Waals surface area contributed by atoms with Gasteiger partial charge < -0.3 is 33.8 Å². The third kappa shape index (κ3) is 70.4. The van der Waals surface area contributed by atoms with Crippen LogP contribution in [0.1, 0.15) is 421 Å². The Kier molecular flexibility index (Phi) is 69.9. The standard InChI is InChI=1S/C81H158O17P2/c1-8-12-13-14-15-16-17-18-19-20-21-22-23-24-25-26-34-43-50-57-64-80(85)97-76(68-91-78(83)62-55-48-41-33-29-27-31-38-45-52-59-72(5)9-2)70-95-99(87,88)93-66-75(82)67-94-100(89,90)96-71-77(69-92-79(84)63-56-49-42-37-36-40-47-54-61-74(7)11-4)98-81(86)65-58-51-44-35-30-28-32-39-46-53-60-73(6)10-3/h72-77,82H,8-71H2,1-7H3,(H,87,88)(H,89,90)/t72?,73?,74?,75-,76-,77-/m1/s1. The molecule has 0 bridgehead atoms. The van der Waals surface area contributed by atoms with Crippen LogP contribution in [0.5, 0.6) is 0 Å². The summed E-state index contributed by atoms with van der Waals surface area (Å²) in [5, 5.41) is 10.6. The Hall–Kier alpha value is -1.94. The molecule has 0 saturated heterocycles. The molecule has 0 aromatic rings. The van der Waals surface area contributed by atoms with E-state index in [1.54, 1.807) is 0 Å². The second kappa shape index (κ2) is 71.3. The fourth-order valence-corrected chi connectivity index (χ4v) is 14.0. The van der Waals surface area contributed by atoms with Crippen LogP contribution in [-0.2, 0) is 65.4 Å². The van der Waals surface area contributed by atoms with Gasteiger partial charge in [0.2, 0.25) is 0 Å². The number of unbranched alkanes of at least 4 members (excludes halogenated alkanes) is 44. The van der Waals surface area contributed by atoms with Gasteiger partial charge in [-0.05, 0) is 43.4 Å². The van der Waals surface area contributed by atoms with Crippen LogP contribution in [0, 0.1) is 17.8 Å². The summed E-state index contributed by atoms with van der Waals surface area (Å²) in [5.74, 6) is 0.278. The third-order valence-electron chi connectivity index (χ3n) is 20.0. The zero-order chi connectivity index (χ0) is 73.7.